The molecule has 8 heteroatoms. The first kappa shape index (κ1) is 24.3. The number of carbonyl (C=O) groups excluding carboxylic acids is 2. The SMILES string of the molecule is C=C(C)C(=O)OCC(O)COC(CCC)OCC(O)COC(=O)C(=C)C. The van der Waals surface area contributed by atoms with Crippen LogP contribution in [0.3, 0.4) is 0 Å². The summed E-state index contributed by atoms with van der Waals surface area (Å²) in [5, 5.41) is 19.5. The molecule has 26 heavy (non-hydrogen) atoms. The van der Waals surface area contributed by atoms with Gasteiger partial charge in [0.2, 0.25) is 0 Å². The molecule has 2 unspecified atom stereocenters. The fourth-order valence-electron chi connectivity index (χ4n) is 1.57. The molecule has 150 valence electrons. The second kappa shape index (κ2) is 13.5. The van der Waals surface area contributed by atoms with Crippen molar-refractivity contribution >= 4 is 11.9 Å². The van der Waals surface area contributed by atoms with Crippen molar-refractivity contribution < 1.29 is 38.7 Å². The average molecular weight is 374 g/mol. The highest BCUT2D eigenvalue weighted by atomic mass is 16.7. The van der Waals surface area contributed by atoms with Gasteiger partial charge in [0.15, 0.2) is 6.29 Å². The van der Waals surface area contributed by atoms with Crippen molar-refractivity contribution in [2.45, 2.75) is 52.1 Å². The first-order chi connectivity index (χ1) is 12.2. The van der Waals surface area contributed by atoms with E-state index < -0.39 is 30.4 Å². The average Bonchev–Trinajstić information content (AvgIpc) is 2.59. The van der Waals surface area contributed by atoms with Gasteiger partial charge in [-0.25, -0.2) is 9.59 Å². The number of hydrogen-bond acceptors (Lipinski definition) is 8. The minimum Gasteiger partial charge on any atom is -0.460 e. The highest BCUT2D eigenvalue weighted by molar-refractivity contribution is 5.87. The molecular formula is C18H30O8. The Hall–Kier alpha value is -1.74. The molecule has 0 radical (unpaired) electrons. The number of ether oxygens (including phenoxy) is 4. The van der Waals surface area contributed by atoms with Gasteiger partial charge in [0.05, 0.1) is 13.2 Å². The minimum atomic E-state index is -1.01. The summed E-state index contributed by atoms with van der Waals surface area (Å²) in [5.41, 5.74) is 0.485. The Morgan fingerprint density at radius 3 is 1.54 bits per heavy atom. The smallest absolute Gasteiger partial charge is 0.333 e. The third-order valence-corrected chi connectivity index (χ3v) is 2.98. The van der Waals surface area contributed by atoms with Crippen LogP contribution in [0.15, 0.2) is 24.3 Å². The lowest BCUT2D eigenvalue weighted by atomic mass is 10.3. The van der Waals surface area contributed by atoms with Crippen molar-refractivity contribution in [3.8, 4) is 0 Å². The van der Waals surface area contributed by atoms with Gasteiger partial charge in [0.1, 0.15) is 25.4 Å². The van der Waals surface area contributed by atoms with Crippen LogP contribution in [-0.2, 0) is 28.5 Å². The molecule has 0 spiro atoms. The van der Waals surface area contributed by atoms with Crippen molar-refractivity contribution in [3.05, 3.63) is 24.3 Å². The maximum Gasteiger partial charge on any atom is 0.333 e. The van der Waals surface area contributed by atoms with E-state index >= 15 is 0 Å². The summed E-state index contributed by atoms with van der Waals surface area (Å²) in [6, 6.07) is 0. The van der Waals surface area contributed by atoms with E-state index in [0.29, 0.717) is 6.42 Å². The van der Waals surface area contributed by atoms with Crippen molar-refractivity contribution in [2.75, 3.05) is 26.4 Å². The fraction of sp³-hybridized carbons (Fsp3) is 0.667. The molecule has 0 fully saturated rings. The molecule has 8 nitrogen and oxygen atoms in total. The Balaban J connectivity index is 4.15. The van der Waals surface area contributed by atoms with Crippen LogP contribution in [0.25, 0.3) is 0 Å². The summed E-state index contributed by atoms with van der Waals surface area (Å²) in [7, 11) is 0. The third-order valence-electron chi connectivity index (χ3n) is 2.98. The number of esters is 2. The first-order valence-corrected chi connectivity index (χ1v) is 8.41. The molecule has 0 rings (SSSR count). The molecule has 0 amide bonds. The molecule has 0 aliphatic rings. The number of aliphatic hydroxyl groups is 2. The molecule has 0 saturated heterocycles. The summed E-state index contributed by atoms with van der Waals surface area (Å²) in [6.07, 6.45) is -1.38. The van der Waals surface area contributed by atoms with Gasteiger partial charge >= 0.3 is 11.9 Å². The second-order valence-corrected chi connectivity index (χ2v) is 5.95. The predicted molar refractivity (Wildman–Crippen MR) is 94.2 cm³/mol. The lowest BCUT2D eigenvalue weighted by Gasteiger charge is -2.21. The zero-order valence-corrected chi connectivity index (χ0v) is 15.7. The molecule has 2 atom stereocenters. The highest BCUT2D eigenvalue weighted by Gasteiger charge is 2.17. The normalized spacial score (nSPS) is 14.2. The molecule has 2 N–H and O–H groups in total. The minimum absolute atomic E-state index is 0.102. The fourth-order valence-corrected chi connectivity index (χ4v) is 1.57. The quantitative estimate of drug-likeness (QED) is 0.264. The molecule has 0 bridgehead atoms. The Morgan fingerprint density at radius 1 is 0.846 bits per heavy atom. The van der Waals surface area contributed by atoms with Crippen molar-refractivity contribution in [1.82, 2.24) is 0 Å². The van der Waals surface area contributed by atoms with Crippen LogP contribution in [0, 0.1) is 0 Å². The third kappa shape index (κ3) is 11.8. The maximum absolute atomic E-state index is 11.2. The molecule has 0 heterocycles. The van der Waals surface area contributed by atoms with E-state index in [1.807, 2.05) is 6.92 Å². The summed E-state index contributed by atoms with van der Waals surface area (Å²) in [6.45, 7) is 11.2. The lowest BCUT2D eigenvalue weighted by molar-refractivity contribution is -0.182. The van der Waals surface area contributed by atoms with Crippen LogP contribution in [0.5, 0.6) is 0 Å². The van der Waals surface area contributed by atoms with Crippen molar-refractivity contribution in [3.63, 3.8) is 0 Å². The topological polar surface area (TPSA) is 112 Å². The molecule has 0 aromatic rings. The summed E-state index contributed by atoms with van der Waals surface area (Å²) in [5.74, 6) is -1.17. The van der Waals surface area contributed by atoms with Gasteiger partial charge in [-0.15, -0.1) is 0 Å². The van der Waals surface area contributed by atoms with E-state index in [0.717, 1.165) is 6.42 Å². The first-order valence-electron chi connectivity index (χ1n) is 8.41. The van der Waals surface area contributed by atoms with Crippen LogP contribution in [-0.4, -0.2) is 67.1 Å². The van der Waals surface area contributed by atoms with Gasteiger partial charge in [0, 0.05) is 11.1 Å². The molecule has 0 aromatic carbocycles. The standard InChI is InChI=1S/C18H30O8/c1-6-7-16(23-8-14(19)10-25-17(21)12(2)3)24-9-15(20)11-26-18(22)13(4)5/h14-16,19-20H,2,4,6-11H2,1,3,5H3. The predicted octanol–water partition coefficient (Wildman–Crippen LogP) is 1.11. The monoisotopic (exact) mass is 374 g/mol. The Kier molecular flexibility index (Phi) is 12.6. The summed E-state index contributed by atoms with van der Waals surface area (Å²) >= 11 is 0. The zero-order valence-electron chi connectivity index (χ0n) is 15.7. The second-order valence-electron chi connectivity index (χ2n) is 5.95. The highest BCUT2D eigenvalue weighted by Crippen LogP contribution is 2.07. The molecule has 0 aliphatic carbocycles. The largest absolute Gasteiger partial charge is 0.460 e. The summed E-state index contributed by atoms with van der Waals surface area (Å²) in [4.78, 5) is 22.5. The van der Waals surface area contributed by atoms with E-state index in [2.05, 4.69) is 13.2 Å². The lowest BCUT2D eigenvalue weighted by Crippen LogP contribution is -2.31. The molecular weight excluding hydrogens is 344 g/mol. The van der Waals surface area contributed by atoms with E-state index in [9.17, 15) is 19.8 Å². The van der Waals surface area contributed by atoms with Crippen LogP contribution in [0.2, 0.25) is 0 Å². The van der Waals surface area contributed by atoms with E-state index in [1.54, 1.807) is 0 Å². The van der Waals surface area contributed by atoms with Crippen LogP contribution >= 0.6 is 0 Å². The zero-order chi connectivity index (χ0) is 20.1. The number of rotatable bonds is 14. The van der Waals surface area contributed by atoms with Crippen molar-refractivity contribution in [2.24, 2.45) is 0 Å². The maximum atomic E-state index is 11.2. The van der Waals surface area contributed by atoms with Crippen LogP contribution in [0.4, 0.5) is 0 Å². The number of hydrogen-bond donors (Lipinski definition) is 2. The Morgan fingerprint density at radius 2 is 1.23 bits per heavy atom. The molecule has 0 aliphatic heterocycles. The van der Waals surface area contributed by atoms with E-state index in [-0.39, 0.29) is 37.6 Å². The van der Waals surface area contributed by atoms with Gasteiger partial charge in [-0.05, 0) is 20.3 Å². The number of carbonyl (C=O) groups is 2. The van der Waals surface area contributed by atoms with E-state index in [4.69, 9.17) is 18.9 Å². The number of aliphatic hydroxyl groups excluding tert-OH is 2. The van der Waals surface area contributed by atoms with Gasteiger partial charge in [-0.3, -0.25) is 0 Å². The van der Waals surface area contributed by atoms with Crippen molar-refractivity contribution in [1.29, 1.82) is 0 Å². The van der Waals surface area contributed by atoms with Gasteiger partial charge in [0.25, 0.3) is 0 Å². The Bertz CT molecular complexity index is 434. The van der Waals surface area contributed by atoms with Crippen LogP contribution in [0.1, 0.15) is 33.6 Å². The molecule has 0 aromatic heterocycles. The van der Waals surface area contributed by atoms with Crippen LogP contribution < -0.4 is 0 Å². The van der Waals surface area contributed by atoms with Gasteiger partial charge in [-0.2, -0.15) is 0 Å². The van der Waals surface area contributed by atoms with Gasteiger partial charge < -0.3 is 29.2 Å². The summed E-state index contributed by atoms with van der Waals surface area (Å²) < 4.78 is 20.5. The Labute approximate surface area is 154 Å². The van der Waals surface area contributed by atoms with Gasteiger partial charge in [-0.1, -0.05) is 26.5 Å². The molecule has 0 saturated carbocycles. The van der Waals surface area contributed by atoms with E-state index in [1.165, 1.54) is 13.8 Å².